The molecule has 1 atom stereocenters. The van der Waals surface area contributed by atoms with Gasteiger partial charge < -0.3 is 9.47 Å². The van der Waals surface area contributed by atoms with Crippen molar-refractivity contribution in [1.82, 2.24) is 9.55 Å². The van der Waals surface area contributed by atoms with Gasteiger partial charge >= 0.3 is 0 Å². The van der Waals surface area contributed by atoms with Crippen LogP contribution in [0.15, 0.2) is 48.5 Å². The van der Waals surface area contributed by atoms with E-state index >= 15 is 0 Å². The minimum atomic E-state index is 0.139. The fourth-order valence-electron chi connectivity index (χ4n) is 3.46. The van der Waals surface area contributed by atoms with Crippen molar-refractivity contribution in [3.63, 3.8) is 0 Å². The minimum Gasteiger partial charge on any atom is -0.331 e. The Hall–Kier alpha value is -2.62. The molecule has 0 N–H and O–H groups in total. The lowest BCUT2D eigenvalue weighted by Crippen LogP contribution is -2.24. The number of hydrogen-bond acceptors (Lipinski definition) is 2. The van der Waals surface area contributed by atoms with Crippen LogP contribution in [0.3, 0.4) is 0 Å². The predicted molar refractivity (Wildman–Crippen MR) is 91.6 cm³/mol. The summed E-state index contributed by atoms with van der Waals surface area (Å²) in [5, 5.41) is 0. The molecule has 0 aliphatic carbocycles. The Morgan fingerprint density at radius 2 is 1.96 bits per heavy atom. The second-order valence-corrected chi connectivity index (χ2v) is 6.26. The third-order valence-corrected chi connectivity index (χ3v) is 4.63. The van der Waals surface area contributed by atoms with E-state index < -0.39 is 0 Å². The summed E-state index contributed by atoms with van der Waals surface area (Å²) in [6.45, 7) is 2.74. The summed E-state index contributed by atoms with van der Waals surface area (Å²) in [7, 11) is 2.03. The van der Waals surface area contributed by atoms with Gasteiger partial charge in [-0.25, -0.2) is 4.98 Å². The van der Waals surface area contributed by atoms with Crippen LogP contribution in [-0.4, -0.2) is 22.0 Å². The Balaban J connectivity index is 1.69. The molecular weight excluding hydrogens is 286 g/mol. The van der Waals surface area contributed by atoms with Crippen molar-refractivity contribution < 1.29 is 4.79 Å². The smallest absolute Gasteiger partial charge is 0.227 e. The molecule has 0 radical (unpaired) electrons. The molecular formula is C19H19N3O. The van der Waals surface area contributed by atoms with Crippen LogP contribution in [0.25, 0.3) is 11.0 Å². The van der Waals surface area contributed by atoms with E-state index in [-0.39, 0.29) is 11.8 Å². The third-order valence-electron chi connectivity index (χ3n) is 4.63. The Morgan fingerprint density at radius 1 is 1.13 bits per heavy atom. The second-order valence-electron chi connectivity index (χ2n) is 6.26. The summed E-state index contributed by atoms with van der Waals surface area (Å²) < 4.78 is 2.12. The summed E-state index contributed by atoms with van der Waals surface area (Å²) in [6, 6.07) is 16.2. The lowest BCUT2D eigenvalue weighted by atomic mass is 10.1. The maximum Gasteiger partial charge on any atom is 0.227 e. The summed E-state index contributed by atoms with van der Waals surface area (Å²) >= 11 is 0. The lowest BCUT2D eigenvalue weighted by molar-refractivity contribution is -0.117. The molecule has 0 saturated carbocycles. The Bertz CT molecular complexity index is 897. The van der Waals surface area contributed by atoms with E-state index in [0.29, 0.717) is 13.0 Å². The highest BCUT2D eigenvalue weighted by Gasteiger charge is 2.34. The van der Waals surface area contributed by atoms with E-state index in [1.54, 1.807) is 0 Å². The monoisotopic (exact) mass is 305 g/mol. The quantitative estimate of drug-likeness (QED) is 0.728. The van der Waals surface area contributed by atoms with Gasteiger partial charge in [0.05, 0.1) is 11.0 Å². The molecule has 1 saturated heterocycles. The zero-order valence-corrected chi connectivity index (χ0v) is 13.4. The SMILES string of the molecule is Cc1cccc(N2C[C@@H](c3nc4ccccc4n3C)CC2=O)c1. The van der Waals surface area contributed by atoms with Crippen LogP contribution in [0, 0.1) is 6.92 Å². The lowest BCUT2D eigenvalue weighted by Gasteiger charge is -2.17. The fourth-order valence-corrected chi connectivity index (χ4v) is 3.46. The van der Waals surface area contributed by atoms with Gasteiger partial charge in [0.15, 0.2) is 0 Å². The number of aryl methyl sites for hydroxylation is 2. The number of amides is 1. The zero-order chi connectivity index (χ0) is 16.0. The first-order valence-corrected chi connectivity index (χ1v) is 7.92. The highest BCUT2D eigenvalue weighted by Crippen LogP contribution is 2.32. The van der Waals surface area contributed by atoms with Crippen molar-refractivity contribution >= 4 is 22.6 Å². The van der Waals surface area contributed by atoms with Crippen molar-refractivity contribution in [3.05, 3.63) is 59.9 Å². The van der Waals surface area contributed by atoms with E-state index in [9.17, 15) is 4.79 Å². The number of para-hydroxylation sites is 2. The molecule has 1 aliphatic rings. The van der Waals surface area contributed by atoms with Crippen LogP contribution in [0.1, 0.15) is 23.7 Å². The average Bonchev–Trinajstić information content (AvgIpc) is 3.09. The molecule has 3 aromatic rings. The van der Waals surface area contributed by atoms with Crippen molar-refractivity contribution in [3.8, 4) is 0 Å². The molecule has 2 heterocycles. The van der Waals surface area contributed by atoms with Crippen LogP contribution in [-0.2, 0) is 11.8 Å². The first-order chi connectivity index (χ1) is 11.1. The number of rotatable bonds is 2. The van der Waals surface area contributed by atoms with Gasteiger partial charge in [0, 0.05) is 31.6 Å². The van der Waals surface area contributed by atoms with Crippen LogP contribution in [0.2, 0.25) is 0 Å². The molecule has 4 heteroatoms. The van der Waals surface area contributed by atoms with Gasteiger partial charge in [0.25, 0.3) is 0 Å². The maximum atomic E-state index is 12.5. The van der Waals surface area contributed by atoms with Crippen LogP contribution in [0.4, 0.5) is 5.69 Å². The number of benzene rings is 2. The molecule has 0 spiro atoms. The number of imidazole rings is 1. The van der Waals surface area contributed by atoms with E-state index in [2.05, 4.69) is 16.7 Å². The number of aromatic nitrogens is 2. The van der Waals surface area contributed by atoms with Crippen molar-refractivity contribution in [2.24, 2.45) is 7.05 Å². The second kappa shape index (κ2) is 5.23. The van der Waals surface area contributed by atoms with Crippen LogP contribution in [0.5, 0.6) is 0 Å². The molecule has 1 fully saturated rings. The van der Waals surface area contributed by atoms with Gasteiger partial charge in [-0.2, -0.15) is 0 Å². The molecule has 116 valence electrons. The van der Waals surface area contributed by atoms with Crippen molar-refractivity contribution in [2.75, 3.05) is 11.4 Å². The van der Waals surface area contributed by atoms with Gasteiger partial charge in [-0.05, 0) is 36.8 Å². The van der Waals surface area contributed by atoms with Gasteiger partial charge in [-0.3, -0.25) is 4.79 Å². The normalized spacial score (nSPS) is 18.1. The number of anilines is 1. The first-order valence-electron chi connectivity index (χ1n) is 7.92. The molecule has 1 aromatic heterocycles. The van der Waals surface area contributed by atoms with Crippen LogP contribution >= 0.6 is 0 Å². The number of hydrogen-bond donors (Lipinski definition) is 0. The topological polar surface area (TPSA) is 38.1 Å². The highest BCUT2D eigenvalue weighted by molar-refractivity contribution is 5.96. The van der Waals surface area contributed by atoms with Crippen molar-refractivity contribution in [1.29, 1.82) is 0 Å². The van der Waals surface area contributed by atoms with E-state index in [4.69, 9.17) is 4.98 Å². The van der Waals surface area contributed by atoms with Crippen molar-refractivity contribution in [2.45, 2.75) is 19.3 Å². The highest BCUT2D eigenvalue weighted by atomic mass is 16.2. The zero-order valence-electron chi connectivity index (χ0n) is 13.4. The Morgan fingerprint density at radius 3 is 2.74 bits per heavy atom. The first kappa shape index (κ1) is 14.0. The van der Waals surface area contributed by atoms with Gasteiger partial charge in [-0.15, -0.1) is 0 Å². The largest absolute Gasteiger partial charge is 0.331 e. The summed E-state index contributed by atoms with van der Waals surface area (Å²) in [5.41, 5.74) is 4.26. The molecule has 1 aliphatic heterocycles. The van der Waals surface area contributed by atoms with Gasteiger partial charge in [0.2, 0.25) is 5.91 Å². The standard InChI is InChI=1S/C19H19N3O/c1-13-6-5-7-15(10-13)22-12-14(11-18(22)23)19-20-16-8-3-4-9-17(16)21(19)2/h3-10,14H,11-12H2,1-2H3/t14-/m0/s1. The number of nitrogens with zero attached hydrogens (tertiary/aromatic N) is 3. The number of fused-ring (bicyclic) bond motifs is 1. The Kier molecular flexibility index (Phi) is 3.18. The molecule has 0 unspecified atom stereocenters. The Labute approximate surface area is 135 Å². The maximum absolute atomic E-state index is 12.5. The third kappa shape index (κ3) is 2.31. The van der Waals surface area contributed by atoms with E-state index in [0.717, 1.165) is 22.5 Å². The molecule has 1 amide bonds. The van der Waals surface area contributed by atoms with E-state index in [1.807, 2.05) is 55.3 Å². The van der Waals surface area contributed by atoms with Gasteiger partial charge in [0.1, 0.15) is 5.82 Å². The minimum absolute atomic E-state index is 0.139. The number of carbonyl (C=O) groups is 1. The molecule has 23 heavy (non-hydrogen) atoms. The van der Waals surface area contributed by atoms with Gasteiger partial charge in [-0.1, -0.05) is 24.3 Å². The van der Waals surface area contributed by atoms with Crippen LogP contribution < -0.4 is 4.90 Å². The molecule has 2 aromatic carbocycles. The van der Waals surface area contributed by atoms with E-state index in [1.165, 1.54) is 5.56 Å². The summed E-state index contributed by atoms with van der Waals surface area (Å²) in [5.74, 6) is 1.31. The summed E-state index contributed by atoms with van der Waals surface area (Å²) in [6.07, 6.45) is 0.519. The number of carbonyl (C=O) groups excluding carboxylic acids is 1. The predicted octanol–water partition coefficient (Wildman–Crippen LogP) is 3.40. The fraction of sp³-hybridized carbons (Fsp3) is 0.263. The summed E-state index contributed by atoms with van der Waals surface area (Å²) in [4.78, 5) is 19.1. The molecule has 4 rings (SSSR count). The molecule has 0 bridgehead atoms. The molecule has 4 nitrogen and oxygen atoms in total. The average molecular weight is 305 g/mol.